The van der Waals surface area contributed by atoms with Crippen LogP contribution in [0, 0.1) is 17.8 Å². The molecule has 0 radical (unpaired) electrons. The number of nitrogens with zero attached hydrogens (tertiary/aromatic N) is 4. The van der Waals surface area contributed by atoms with Crippen LogP contribution in [0.25, 0.3) is 16.7 Å². The van der Waals surface area contributed by atoms with Gasteiger partial charge in [-0.05, 0) is 61.1 Å². The molecule has 192 valence electrons. The van der Waals surface area contributed by atoms with Crippen LogP contribution in [0.3, 0.4) is 0 Å². The van der Waals surface area contributed by atoms with Crippen molar-refractivity contribution in [3.8, 4) is 0 Å². The Morgan fingerprint density at radius 1 is 1.05 bits per heavy atom. The van der Waals surface area contributed by atoms with Gasteiger partial charge in [-0.25, -0.2) is 14.3 Å². The molecule has 10 heteroatoms. The molecule has 2 atom stereocenters. The number of aromatic nitrogens is 4. The van der Waals surface area contributed by atoms with E-state index in [9.17, 15) is 14.4 Å². The molecule has 1 aromatic carbocycles. The fraction of sp³-hybridized carbons (Fsp3) is 0.444. The van der Waals surface area contributed by atoms with E-state index in [-0.39, 0.29) is 23.8 Å². The standard InChI is InChI=1S/C27H30N6O4/c1-32-21-13-19(4-5-23(21)37-27(32)36)15-29-25(34)20-14-22(33-24(31-20)7-9-30-33)26(35)28-8-6-18-11-16-2-3-17(10-16)12-18/h4-5,7,9,13-14,16-18H,2-3,6,8,10-12,15H2,1H3,(H,28,35)(H,29,34). The van der Waals surface area contributed by atoms with Crippen LogP contribution in [-0.2, 0) is 13.6 Å². The van der Waals surface area contributed by atoms with E-state index in [0.717, 1.165) is 23.8 Å². The van der Waals surface area contributed by atoms with Crippen molar-refractivity contribution in [3.63, 3.8) is 0 Å². The predicted octanol–water partition coefficient (Wildman–Crippen LogP) is 3.05. The second-order valence-corrected chi connectivity index (χ2v) is 10.5. The van der Waals surface area contributed by atoms with Gasteiger partial charge in [-0.3, -0.25) is 14.2 Å². The molecule has 6 rings (SSSR count). The van der Waals surface area contributed by atoms with Gasteiger partial charge in [0.05, 0.1) is 11.7 Å². The van der Waals surface area contributed by atoms with Crippen molar-refractivity contribution in [2.24, 2.45) is 24.8 Å². The molecule has 4 aromatic rings. The molecule has 2 unspecified atom stereocenters. The van der Waals surface area contributed by atoms with Gasteiger partial charge in [0, 0.05) is 32.3 Å². The van der Waals surface area contributed by atoms with E-state index in [2.05, 4.69) is 20.7 Å². The largest absolute Gasteiger partial charge is 0.419 e. The summed E-state index contributed by atoms with van der Waals surface area (Å²) in [5, 5.41) is 10.1. The Kier molecular flexibility index (Phi) is 6.02. The topological polar surface area (TPSA) is 124 Å². The zero-order valence-electron chi connectivity index (χ0n) is 20.8. The van der Waals surface area contributed by atoms with Crippen molar-refractivity contribution in [1.82, 2.24) is 29.8 Å². The van der Waals surface area contributed by atoms with Crippen molar-refractivity contribution in [1.29, 1.82) is 0 Å². The average molecular weight is 503 g/mol. The predicted molar refractivity (Wildman–Crippen MR) is 136 cm³/mol. The van der Waals surface area contributed by atoms with Crippen LogP contribution >= 0.6 is 0 Å². The SMILES string of the molecule is Cn1c(=O)oc2ccc(CNC(=O)c3cc(C(=O)NCCC4CC5CCC(C4)C5)n4nccc4n3)cc21. The summed E-state index contributed by atoms with van der Waals surface area (Å²) in [5.74, 6) is 1.31. The lowest BCUT2D eigenvalue weighted by atomic mass is 9.79. The minimum atomic E-state index is -0.439. The lowest BCUT2D eigenvalue weighted by molar-refractivity contribution is 0.0941. The van der Waals surface area contributed by atoms with Gasteiger partial charge in [0.2, 0.25) is 0 Å². The maximum absolute atomic E-state index is 13.1. The second kappa shape index (κ2) is 9.49. The molecule has 0 saturated heterocycles. The van der Waals surface area contributed by atoms with Crippen molar-refractivity contribution >= 4 is 28.6 Å². The molecule has 0 aliphatic heterocycles. The molecule has 0 spiro atoms. The quantitative estimate of drug-likeness (QED) is 0.400. The summed E-state index contributed by atoms with van der Waals surface area (Å²) in [6, 6.07) is 8.43. The molecule has 2 fully saturated rings. The second-order valence-electron chi connectivity index (χ2n) is 10.5. The van der Waals surface area contributed by atoms with Gasteiger partial charge in [0.1, 0.15) is 11.4 Å². The van der Waals surface area contributed by atoms with Gasteiger partial charge in [-0.2, -0.15) is 5.10 Å². The molecule has 2 amide bonds. The first-order valence-corrected chi connectivity index (χ1v) is 12.9. The van der Waals surface area contributed by atoms with Gasteiger partial charge < -0.3 is 15.1 Å². The number of fused-ring (bicyclic) bond motifs is 4. The van der Waals surface area contributed by atoms with E-state index in [1.165, 1.54) is 47.3 Å². The Hall–Kier alpha value is -3.95. The smallest absolute Gasteiger partial charge is 0.408 e. The third kappa shape index (κ3) is 4.63. The van der Waals surface area contributed by atoms with Crippen molar-refractivity contribution in [3.05, 3.63) is 64.0 Å². The Balaban J connectivity index is 1.13. The van der Waals surface area contributed by atoms with Crippen LogP contribution < -0.4 is 16.4 Å². The van der Waals surface area contributed by atoms with Crippen LogP contribution in [0.4, 0.5) is 0 Å². The molecule has 2 aliphatic rings. The molecule has 2 N–H and O–H groups in total. The fourth-order valence-electron chi connectivity index (χ4n) is 6.11. The van der Waals surface area contributed by atoms with Gasteiger partial charge in [0.15, 0.2) is 11.2 Å². The monoisotopic (exact) mass is 502 g/mol. The van der Waals surface area contributed by atoms with Crippen LogP contribution in [0.15, 0.2) is 45.7 Å². The van der Waals surface area contributed by atoms with Crippen LogP contribution in [-0.4, -0.2) is 37.5 Å². The molecule has 3 heterocycles. The highest BCUT2D eigenvalue weighted by Crippen LogP contribution is 2.45. The summed E-state index contributed by atoms with van der Waals surface area (Å²) in [6.07, 6.45) is 9.21. The average Bonchev–Trinajstić information content (AvgIpc) is 3.59. The van der Waals surface area contributed by atoms with Gasteiger partial charge >= 0.3 is 5.76 Å². The number of oxazole rings is 1. The number of rotatable bonds is 7. The normalized spacial score (nSPS) is 20.9. The summed E-state index contributed by atoms with van der Waals surface area (Å²) in [4.78, 5) is 42.2. The fourth-order valence-corrected chi connectivity index (χ4v) is 6.11. The van der Waals surface area contributed by atoms with E-state index >= 15 is 0 Å². The van der Waals surface area contributed by atoms with Gasteiger partial charge in [-0.15, -0.1) is 0 Å². The zero-order chi connectivity index (χ0) is 25.5. The highest BCUT2D eigenvalue weighted by atomic mass is 16.4. The number of hydrogen-bond acceptors (Lipinski definition) is 6. The molecule has 2 aliphatic carbocycles. The third-order valence-corrected chi connectivity index (χ3v) is 7.95. The number of nitrogens with one attached hydrogen (secondary N) is 2. The number of carbonyl (C=O) groups excluding carboxylic acids is 2. The lowest BCUT2D eigenvalue weighted by Gasteiger charge is -2.27. The van der Waals surface area contributed by atoms with Crippen molar-refractivity contribution in [2.45, 2.75) is 45.1 Å². The molecule has 3 aromatic heterocycles. The van der Waals surface area contributed by atoms with Crippen LogP contribution in [0.2, 0.25) is 0 Å². The van der Waals surface area contributed by atoms with E-state index in [0.29, 0.717) is 29.2 Å². The van der Waals surface area contributed by atoms with E-state index < -0.39 is 11.7 Å². The molecule has 2 bridgehead atoms. The summed E-state index contributed by atoms with van der Waals surface area (Å²) in [7, 11) is 1.63. The summed E-state index contributed by atoms with van der Waals surface area (Å²) >= 11 is 0. The minimum absolute atomic E-state index is 0.138. The number of carbonyl (C=O) groups is 2. The first-order chi connectivity index (χ1) is 17.9. The first-order valence-electron chi connectivity index (χ1n) is 12.9. The van der Waals surface area contributed by atoms with Crippen LogP contribution in [0.5, 0.6) is 0 Å². The van der Waals surface area contributed by atoms with Crippen molar-refractivity contribution < 1.29 is 14.0 Å². The summed E-state index contributed by atoms with van der Waals surface area (Å²) in [5.41, 5.74) is 2.78. The molecule has 37 heavy (non-hydrogen) atoms. The summed E-state index contributed by atoms with van der Waals surface area (Å²) in [6.45, 7) is 0.833. The highest BCUT2D eigenvalue weighted by Gasteiger charge is 2.33. The van der Waals surface area contributed by atoms with Gasteiger partial charge in [-0.1, -0.05) is 18.9 Å². The Morgan fingerprint density at radius 3 is 2.68 bits per heavy atom. The Bertz CT molecular complexity index is 1540. The van der Waals surface area contributed by atoms with E-state index in [4.69, 9.17) is 4.42 Å². The molecular formula is C27H30N6O4. The third-order valence-electron chi connectivity index (χ3n) is 7.95. The number of hydrogen-bond donors (Lipinski definition) is 2. The van der Waals surface area contributed by atoms with E-state index in [1.54, 1.807) is 37.5 Å². The maximum atomic E-state index is 13.1. The van der Waals surface area contributed by atoms with Gasteiger partial charge in [0.25, 0.3) is 11.8 Å². The molecule has 10 nitrogen and oxygen atoms in total. The number of benzene rings is 1. The molecular weight excluding hydrogens is 472 g/mol. The van der Waals surface area contributed by atoms with E-state index in [1.807, 2.05) is 0 Å². The van der Waals surface area contributed by atoms with Crippen LogP contribution in [0.1, 0.15) is 65.1 Å². The number of aryl methyl sites for hydroxylation is 1. The Morgan fingerprint density at radius 2 is 1.86 bits per heavy atom. The molecule has 2 saturated carbocycles. The minimum Gasteiger partial charge on any atom is -0.408 e. The maximum Gasteiger partial charge on any atom is 0.419 e. The zero-order valence-corrected chi connectivity index (χ0v) is 20.8. The number of amides is 2. The Labute approximate surface area is 213 Å². The first kappa shape index (κ1) is 23.4. The van der Waals surface area contributed by atoms with Crippen molar-refractivity contribution in [2.75, 3.05) is 6.54 Å². The lowest BCUT2D eigenvalue weighted by Crippen LogP contribution is -2.30. The summed E-state index contributed by atoms with van der Waals surface area (Å²) < 4.78 is 8.03. The highest BCUT2D eigenvalue weighted by molar-refractivity contribution is 5.98.